The third-order valence-corrected chi connectivity index (χ3v) is 10.6. The summed E-state index contributed by atoms with van der Waals surface area (Å²) in [5, 5.41) is 13.4. The highest BCUT2D eigenvalue weighted by Gasteiger charge is 2.40. The number of rotatable bonds is 2. The lowest BCUT2D eigenvalue weighted by molar-refractivity contribution is 0.290. The Morgan fingerprint density at radius 3 is 1.23 bits per heavy atom. The molecule has 6 atom stereocenters. The summed E-state index contributed by atoms with van der Waals surface area (Å²) in [7, 11) is 0. The van der Waals surface area contributed by atoms with Crippen molar-refractivity contribution < 1.29 is 0 Å². The molecule has 5 aromatic rings. The Kier molecular flexibility index (Phi) is 4.96. The van der Waals surface area contributed by atoms with Crippen LogP contribution < -0.4 is 10.6 Å². The maximum Gasteiger partial charge on any atom is 0.0337 e. The lowest BCUT2D eigenvalue weighted by Crippen LogP contribution is -2.27. The molecule has 0 spiro atoms. The van der Waals surface area contributed by atoms with Crippen LogP contribution in [0.5, 0.6) is 0 Å². The summed E-state index contributed by atoms with van der Waals surface area (Å²) in [5.74, 6) is 1.51. The molecule has 9 rings (SSSR count). The summed E-state index contributed by atoms with van der Waals surface area (Å²) < 4.78 is 0. The van der Waals surface area contributed by atoms with Crippen molar-refractivity contribution in [1.29, 1.82) is 0 Å². The molecule has 4 aliphatic rings. The van der Waals surface area contributed by atoms with E-state index >= 15 is 0 Å². The number of hydrogen-bond donors (Lipinski definition) is 2. The first kappa shape index (κ1) is 23.3. The van der Waals surface area contributed by atoms with Gasteiger partial charge in [-0.1, -0.05) is 98.8 Å². The number of hydrogen-bond acceptors (Lipinski definition) is 2. The number of fused-ring (bicyclic) bond motifs is 12. The summed E-state index contributed by atoms with van der Waals surface area (Å²) in [5.41, 5.74) is 11.8. The molecule has 4 aliphatic heterocycles. The van der Waals surface area contributed by atoms with Gasteiger partial charge in [-0.15, -0.1) is 0 Å². The molecule has 198 valence electrons. The van der Waals surface area contributed by atoms with Gasteiger partial charge in [-0.05, 0) is 104 Å². The summed E-state index contributed by atoms with van der Waals surface area (Å²) in [6.45, 7) is 4.85. The average Bonchev–Trinajstić information content (AvgIpc) is 3.40. The molecule has 2 fully saturated rings. The molecule has 5 aromatic carbocycles. The van der Waals surface area contributed by atoms with E-state index in [1.807, 2.05) is 0 Å². The van der Waals surface area contributed by atoms with Crippen molar-refractivity contribution in [1.82, 2.24) is 10.6 Å². The lowest BCUT2D eigenvalue weighted by Gasteiger charge is -2.27. The molecular formula is C38H36N2. The van der Waals surface area contributed by atoms with Crippen LogP contribution in [0, 0.1) is 11.8 Å². The van der Waals surface area contributed by atoms with Crippen molar-refractivity contribution >= 4 is 21.5 Å². The van der Waals surface area contributed by atoms with Crippen LogP contribution in [0.4, 0.5) is 0 Å². The van der Waals surface area contributed by atoms with Gasteiger partial charge in [0.1, 0.15) is 0 Å². The van der Waals surface area contributed by atoms with Crippen molar-refractivity contribution in [2.75, 3.05) is 0 Å². The minimum absolute atomic E-state index is 0.446. The van der Waals surface area contributed by atoms with Crippen LogP contribution in [-0.2, 0) is 0 Å². The highest BCUT2D eigenvalue weighted by molar-refractivity contribution is 6.22. The summed E-state index contributed by atoms with van der Waals surface area (Å²) in [6.07, 6.45) is 4.92. The minimum atomic E-state index is 0.446. The molecular weight excluding hydrogens is 484 g/mol. The molecule has 4 bridgehead atoms. The van der Waals surface area contributed by atoms with E-state index in [0.29, 0.717) is 24.2 Å². The van der Waals surface area contributed by atoms with Crippen LogP contribution in [0.2, 0.25) is 0 Å². The summed E-state index contributed by atoms with van der Waals surface area (Å²) in [4.78, 5) is 0. The average molecular weight is 521 g/mol. The topological polar surface area (TPSA) is 24.1 Å². The number of benzene rings is 5. The van der Waals surface area contributed by atoms with Crippen LogP contribution in [0.1, 0.15) is 86.0 Å². The first-order valence-corrected chi connectivity index (χ1v) is 15.4. The largest absolute Gasteiger partial charge is 0.303 e. The van der Waals surface area contributed by atoms with Crippen molar-refractivity contribution in [3.63, 3.8) is 0 Å². The molecule has 2 saturated heterocycles. The van der Waals surface area contributed by atoms with E-state index < -0.39 is 0 Å². The van der Waals surface area contributed by atoms with E-state index in [1.165, 1.54) is 80.6 Å². The normalized spacial score (nSPS) is 28.1. The Hall–Kier alpha value is -3.46. The van der Waals surface area contributed by atoms with E-state index in [4.69, 9.17) is 0 Å². The zero-order valence-corrected chi connectivity index (χ0v) is 23.4. The van der Waals surface area contributed by atoms with Gasteiger partial charge in [-0.3, -0.25) is 0 Å². The Morgan fingerprint density at radius 1 is 0.450 bits per heavy atom. The standard InChI is InChI=1S/C38H36N2/c1-21-17-31-27-13-7-15-29(37(27)33(19-21)39-31)35-23-9-3-5-11-25(23)36(26-12-6-4-10-24(26)35)30-16-8-14-28-32-18-22(2)20-34(40-32)38(28)30/h3-16,21-22,31-34,39-40H,17-20H2,1-2H3. The van der Waals surface area contributed by atoms with Gasteiger partial charge < -0.3 is 10.6 Å². The molecule has 40 heavy (non-hydrogen) atoms. The zero-order valence-electron chi connectivity index (χ0n) is 23.4. The van der Waals surface area contributed by atoms with Crippen LogP contribution in [0.25, 0.3) is 43.8 Å². The van der Waals surface area contributed by atoms with E-state index in [9.17, 15) is 0 Å². The van der Waals surface area contributed by atoms with Gasteiger partial charge in [-0.2, -0.15) is 0 Å². The van der Waals surface area contributed by atoms with Gasteiger partial charge in [0, 0.05) is 24.2 Å². The van der Waals surface area contributed by atoms with Crippen LogP contribution in [-0.4, -0.2) is 0 Å². The van der Waals surface area contributed by atoms with E-state index in [1.54, 1.807) is 11.1 Å². The molecule has 2 heteroatoms. The lowest BCUT2D eigenvalue weighted by atomic mass is 9.81. The molecule has 4 heterocycles. The molecule has 2 nitrogen and oxygen atoms in total. The molecule has 2 N–H and O–H groups in total. The molecule has 0 aromatic heterocycles. The van der Waals surface area contributed by atoms with Crippen molar-refractivity contribution in [2.24, 2.45) is 11.8 Å². The maximum absolute atomic E-state index is 3.98. The maximum atomic E-state index is 3.98. The Balaban J connectivity index is 1.37. The van der Waals surface area contributed by atoms with Crippen LogP contribution >= 0.6 is 0 Å². The highest BCUT2D eigenvalue weighted by Crippen LogP contribution is 2.54. The smallest absolute Gasteiger partial charge is 0.0337 e. The second kappa shape index (κ2) is 8.52. The van der Waals surface area contributed by atoms with E-state index in [0.717, 1.165) is 11.8 Å². The molecule has 6 unspecified atom stereocenters. The van der Waals surface area contributed by atoms with Gasteiger partial charge in [0.15, 0.2) is 0 Å². The molecule has 0 saturated carbocycles. The zero-order chi connectivity index (χ0) is 26.5. The molecule has 0 radical (unpaired) electrons. The molecule has 0 aliphatic carbocycles. The second-order valence-electron chi connectivity index (χ2n) is 13.2. The van der Waals surface area contributed by atoms with Gasteiger partial charge in [0.25, 0.3) is 0 Å². The fourth-order valence-electron chi connectivity index (χ4n) is 9.09. The van der Waals surface area contributed by atoms with Crippen LogP contribution in [0.3, 0.4) is 0 Å². The monoisotopic (exact) mass is 520 g/mol. The summed E-state index contributed by atoms with van der Waals surface area (Å²) in [6, 6.07) is 34.5. The van der Waals surface area contributed by atoms with Crippen LogP contribution in [0.15, 0.2) is 84.9 Å². The summed E-state index contributed by atoms with van der Waals surface area (Å²) >= 11 is 0. The van der Waals surface area contributed by atoms with Gasteiger partial charge in [0.05, 0.1) is 0 Å². The molecule has 0 amide bonds. The number of piperidine rings is 2. The van der Waals surface area contributed by atoms with Crippen molar-refractivity contribution in [2.45, 2.75) is 63.7 Å². The van der Waals surface area contributed by atoms with Gasteiger partial charge in [-0.25, -0.2) is 0 Å². The quantitative estimate of drug-likeness (QED) is 0.226. The first-order chi connectivity index (χ1) is 19.7. The van der Waals surface area contributed by atoms with Crippen molar-refractivity contribution in [3.8, 4) is 22.3 Å². The predicted molar refractivity (Wildman–Crippen MR) is 166 cm³/mol. The van der Waals surface area contributed by atoms with Gasteiger partial charge >= 0.3 is 0 Å². The SMILES string of the molecule is CC1CC2NC(C1)c1c(-c3c4ccccc4c(-c4cccc5c4C4CC(C)CC5N4)c4ccccc34)cccc12. The van der Waals surface area contributed by atoms with E-state index in [2.05, 4.69) is 109 Å². The highest BCUT2D eigenvalue weighted by atomic mass is 15.0. The predicted octanol–water partition coefficient (Wildman–Crippen LogP) is 9.56. The third kappa shape index (κ3) is 3.18. The Labute approximate surface area is 236 Å². The number of nitrogens with one attached hydrogen (secondary N) is 2. The van der Waals surface area contributed by atoms with Crippen molar-refractivity contribution in [3.05, 3.63) is 107 Å². The van der Waals surface area contributed by atoms with Gasteiger partial charge in [0.2, 0.25) is 0 Å². The Bertz CT molecular complexity index is 1640. The fraction of sp³-hybridized carbons (Fsp3) is 0.316. The minimum Gasteiger partial charge on any atom is -0.303 e. The Morgan fingerprint density at radius 2 is 0.825 bits per heavy atom. The van der Waals surface area contributed by atoms with E-state index in [-0.39, 0.29) is 0 Å². The second-order valence-corrected chi connectivity index (χ2v) is 13.2. The third-order valence-electron chi connectivity index (χ3n) is 10.6. The first-order valence-electron chi connectivity index (χ1n) is 15.4. The fourth-order valence-corrected chi connectivity index (χ4v) is 9.09.